The Labute approximate surface area is 163 Å². The highest BCUT2D eigenvalue weighted by atomic mass is 16.5. The van der Waals surface area contributed by atoms with E-state index in [1.165, 1.54) is 4.90 Å². The molecule has 3 amide bonds. The van der Waals surface area contributed by atoms with E-state index in [9.17, 15) is 14.7 Å². The van der Waals surface area contributed by atoms with Gasteiger partial charge in [-0.15, -0.1) is 0 Å². The second-order valence-corrected chi connectivity index (χ2v) is 6.19. The summed E-state index contributed by atoms with van der Waals surface area (Å²) in [5.74, 6) is 1.26. The average molecular weight is 385 g/mol. The molecule has 3 N–H and O–H groups in total. The minimum absolute atomic E-state index is 0.179. The molecule has 1 aliphatic heterocycles. The summed E-state index contributed by atoms with van der Waals surface area (Å²) in [6.45, 7) is 0.542. The summed E-state index contributed by atoms with van der Waals surface area (Å²) in [5.41, 5.74) is 0.465. The molecule has 8 heteroatoms. The zero-order valence-electron chi connectivity index (χ0n) is 15.6. The molecule has 0 aromatic heterocycles. The number of urea groups is 1. The lowest BCUT2D eigenvalue weighted by Crippen LogP contribution is -2.58. The Morgan fingerprint density at radius 2 is 1.86 bits per heavy atom. The fourth-order valence-corrected chi connectivity index (χ4v) is 3.03. The van der Waals surface area contributed by atoms with Crippen LogP contribution in [0.25, 0.3) is 0 Å². The van der Waals surface area contributed by atoms with E-state index in [1.54, 1.807) is 43.5 Å². The summed E-state index contributed by atoms with van der Waals surface area (Å²) < 4.78 is 11.2. The number of aliphatic hydroxyl groups excluding tert-OH is 1. The minimum Gasteiger partial charge on any atom is -0.493 e. The molecule has 0 spiro atoms. The van der Waals surface area contributed by atoms with Crippen LogP contribution in [0.1, 0.15) is 6.42 Å². The molecule has 0 saturated carbocycles. The number of carbonyl (C=O) groups excluding carboxylic acids is 2. The number of nitrogens with one attached hydrogen (secondary N) is 2. The van der Waals surface area contributed by atoms with Crippen LogP contribution in [0.4, 0.5) is 10.5 Å². The van der Waals surface area contributed by atoms with E-state index in [0.29, 0.717) is 36.0 Å². The first kappa shape index (κ1) is 19.5. The van der Waals surface area contributed by atoms with E-state index < -0.39 is 12.1 Å². The van der Waals surface area contributed by atoms with Crippen molar-refractivity contribution in [3.63, 3.8) is 0 Å². The molecule has 1 heterocycles. The van der Waals surface area contributed by atoms with E-state index in [0.717, 1.165) is 0 Å². The van der Waals surface area contributed by atoms with E-state index in [4.69, 9.17) is 9.47 Å². The van der Waals surface area contributed by atoms with Gasteiger partial charge in [-0.2, -0.15) is 0 Å². The minimum atomic E-state index is -0.707. The summed E-state index contributed by atoms with van der Waals surface area (Å²) in [7, 11) is 1.55. The van der Waals surface area contributed by atoms with Crippen molar-refractivity contribution < 1.29 is 24.2 Å². The molecule has 2 aromatic carbocycles. The summed E-state index contributed by atoms with van der Waals surface area (Å²) in [4.78, 5) is 26.3. The van der Waals surface area contributed by atoms with Gasteiger partial charge in [-0.05, 0) is 30.7 Å². The third kappa shape index (κ3) is 4.34. The summed E-state index contributed by atoms with van der Waals surface area (Å²) in [6.07, 6.45) is 0.179. The van der Waals surface area contributed by atoms with Gasteiger partial charge in [0.2, 0.25) is 5.91 Å². The standard InChI is InChI=1S/C20H23N3O5/c1-27-17-8-4-5-9-18(17)28-16-7-3-2-6-14(16)22-20(26)23-12-11-21-19(25)15(23)10-13-24/h2-9,15,24H,10-13H2,1H3,(H,21,25)(H,22,26)/t15-/m0/s1. The molecule has 1 atom stereocenters. The Kier molecular flexibility index (Phi) is 6.33. The van der Waals surface area contributed by atoms with Crippen LogP contribution >= 0.6 is 0 Å². The van der Waals surface area contributed by atoms with Gasteiger partial charge in [-0.1, -0.05) is 24.3 Å². The summed E-state index contributed by atoms with van der Waals surface area (Å²) >= 11 is 0. The lowest BCUT2D eigenvalue weighted by Gasteiger charge is -2.34. The quantitative estimate of drug-likeness (QED) is 0.708. The van der Waals surface area contributed by atoms with Crippen molar-refractivity contribution in [2.75, 3.05) is 32.1 Å². The lowest BCUT2D eigenvalue weighted by atomic mass is 10.1. The van der Waals surface area contributed by atoms with Crippen molar-refractivity contribution in [2.24, 2.45) is 0 Å². The number of hydrogen-bond donors (Lipinski definition) is 3. The van der Waals surface area contributed by atoms with Crippen LogP contribution in [0.5, 0.6) is 17.2 Å². The highest BCUT2D eigenvalue weighted by molar-refractivity contribution is 5.95. The topological polar surface area (TPSA) is 100 Å². The van der Waals surface area contributed by atoms with Gasteiger partial charge in [-0.3, -0.25) is 4.79 Å². The van der Waals surface area contributed by atoms with Crippen LogP contribution in [-0.2, 0) is 4.79 Å². The van der Waals surface area contributed by atoms with E-state index in [-0.39, 0.29) is 18.9 Å². The predicted molar refractivity (Wildman–Crippen MR) is 104 cm³/mol. The number of carbonyl (C=O) groups is 2. The van der Waals surface area contributed by atoms with Crippen LogP contribution < -0.4 is 20.1 Å². The largest absolute Gasteiger partial charge is 0.493 e. The Morgan fingerprint density at radius 3 is 2.57 bits per heavy atom. The van der Waals surface area contributed by atoms with Gasteiger partial charge in [0, 0.05) is 19.7 Å². The first-order valence-corrected chi connectivity index (χ1v) is 9.00. The van der Waals surface area contributed by atoms with Crippen LogP contribution in [-0.4, -0.2) is 54.8 Å². The number of hydrogen-bond acceptors (Lipinski definition) is 5. The fraction of sp³-hybridized carbons (Fsp3) is 0.300. The van der Waals surface area contributed by atoms with Gasteiger partial charge in [0.25, 0.3) is 0 Å². The second-order valence-electron chi connectivity index (χ2n) is 6.19. The van der Waals surface area contributed by atoms with Gasteiger partial charge < -0.3 is 30.1 Å². The molecule has 0 bridgehead atoms. The number of piperazine rings is 1. The van der Waals surface area contributed by atoms with Crippen molar-refractivity contribution in [1.82, 2.24) is 10.2 Å². The fourth-order valence-electron chi connectivity index (χ4n) is 3.03. The molecule has 1 fully saturated rings. The first-order valence-electron chi connectivity index (χ1n) is 9.00. The second kappa shape index (κ2) is 9.09. The Hall–Kier alpha value is -3.26. The highest BCUT2D eigenvalue weighted by Gasteiger charge is 2.32. The number of aliphatic hydroxyl groups is 1. The normalized spacial score (nSPS) is 16.3. The van der Waals surface area contributed by atoms with Gasteiger partial charge in [0.05, 0.1) is 12.8 Å². The predicted octanol–water partition coefficient (Wildman–Crippen LogP) is 2.20. The van der Waals surface area contributed by atoms with Crippen LogP contribution in [0, 0.1) is 0 Å². The average Bonchev–Trinajstić information content (AvgIpc) is 2.71. The first-order chi connectivity index (χ1) is 13.6. The zero-order chi connectivity index (χ0) is 19.9. The number of benzene rings is 2. The molecule has 8 nitrogen and oxygen atoms in total. The van der Waals surface area contributed by atoms with E-state index >= 15 is 0 Å². The summed E-state index contributed by atoms with van der Waals surface area (Å²) in [6, 6.07) is 13.1. The molecule has 1 aliphatic rings. The van der Waals surface area contributed by atoms with Gasteiger partial charge in [0.15, 0.2) is 17.2 Å². The summed E-state index contributed by atoms with van der Waals surface area (Å²) in [5, 5.41) is 14.7. The Morgan fingerprint density at radius 1 is 1.18 bits per heavy atom. The Balaban J connectivity index is 1.79. The van der Waals surface area contributed by atoms with Crippen molar-refractivity contribution >= 4 is 17.6 Å². The van der Waals surface area contributed by atoms with Crippen LogP contribution in [0.2, 0.25) is 0 Å². The number of rotatable bonds is 6. The Bertz CT molecular complexity index is 842. The van der Waals surface area contributed by atoms with Gasteiger partial charge >= 0.3 is 6.03 Å². The number of ether oxygens (including phenoxy) is 2. The molecular formula is C20H23N3O5. The van der Waals surface area contributed by atoms with E-state index in [2.05, 4.69) is 10.6 Å². The molecule has 148 valence electrons. The number of methoxy groups -OCH3 is 1. The molecule has 2 aromatic rings. The van der Waals surface area contributed by atoms with Gasteiger partial charge in [-0.25, -0.2) is 4.79 Å². The SMILES string of the molecule is COc1ccccc1Oc1ccccc1NC(=O)N1CCNC(=O)[C@@H]1CCO. The van der Waals surface area contributed by atoms with Crippen molar-refractivity contribution in [3.05, 3.63) is 48.5 Å². The molecule has 0 aliphatic carbocycles. The van der Waals surface area contributed by atoms with Crippen LogP contribution in [0.3, 0.4) is 0 Å². The molecular weight excluding hydrogens is 362 g/mol. The molecule has 28 heavy (non-hydrogen) atoms. The van der Waals surface area contributed by atoms with Gasteiger partial charge in [0.1, 0.15) is 6.04 Å². The maximum atomic E-state index is 12.8. The third-order valence-corrected chi connectivity index (χ3v) is 4.41. The highest BCUT2D eigenvalue weighted by Crippen LogP contribution is 2.35. The third-order valence-electron chi connectivity index (χ3n) is 4.41. The number of anilines is 1. The smallest absolute Gasteiger partial charge is 0.322 e. The van der Waals surface area contributed by atoms with Crippen molar-refractivity contribution in [2.45, 2.75) is 12.5 Å². The number of para-hydroxylation sites is 4. The lowest BCUT2D eigenvalue weighted by molar-refractivity contribution is -0.128. The molecule has 0 unspecified atom stereocenters. The molecule has 3 rings (SSSR count). The zero-order valence-corrected chi connectivity index (χ0v) is 15.6. The van der Waals surface area contributed by atoms with E-state index in [1.807, 2.05) is 12.1 Å². The maximum absolute atomic E-state index is 12.8. The monoisotopic (exact) mass is 385 g/mol. The maximum Gasteiger partial charge on any atom is 0.322 e. The van der Waals surface area contributed by atoms with Crippen LogP contribution in [0.15, 0.2) is 48.5 Å². The van der Waals surface area contributed by atoms with Crippen molar-refractivity contribution in [1.29, 1.82) is 0 Å². The molecule has 1 saturated heterocycles. The number of amides is 3. The van der Waals surface area contributed by atoms with Crippen molar-refractivity contribution in [3.8, 4) is 17.2 Å². The number of nitrogens with zero attached hydrogens (tertiary/aromatic N) is 1. The molecule has 0 radical (unpaired) electrons.